The normalized spacial score (nSPS) is 5.45. The van der Waals surface area contributed by atoms with Crippen LogP contribution in [-0.2, 0) is 0 Å². The number of hydrogen-bond acceptors (Lipinski definition) is 0. The van der Waals surface area contributed by atoms with E-state index in [4.69, 9.17) is 0 Å². The maximum Gasteiger partial charge on any atom is -0.0536 e. The summed E-state index contributed by atoms with van der Waals surface area (Å²) in [6, 6.07) is 0. The van der Waals surface area contributed by atoms with Gasteiger partial charge in [-0.2, -0.15) is 0 Å². The van der Waals surface area contributed by atoms with Gasteiger partial charge in [0.25, 0.3) is 0 Å². The van der Waals surface area contributed by atoms with Gasteiger partial charge in [0.2, 0.25) is 0 Å². The van der Waals surface area contributed by atoms with E-state index in [1.54, 1.807) is 0 Å². The van der Waals surface area contributed by atoms with Crippen molar-refractivity contribution in [3.8, 4) is 0 Å². The molecule has 11 heavy (non-hydrogen) atoms. The van der Waals surface area contributed by atoms with Crippen LogP contribution in [-0.4, -0.2) is 0 Å². The Kier molecular flexibility index (Phi) is 141. The summed E-state index contributed by atoms with van der Waals surface area (Å²) in [6.07, 6.45) is 5.54. The molecule has 0 aromatic carbocycles. The van der Waals surface area contributed by atoms with Crippen LogP contribution in [0.1, 0.15) is 75.7 Å². The molecule has 0 saturated carbocycles. The van der Waals surface area contributed by atoms with Crippen LogP contribution in [0.2, 0.25) is 0 Å². The standard InChI is InChI=1S/C6H14.C2H6.3CH4/c1-3-5-6-4-2;1-2;;;/h3-6H2,1-2H3;1-2H3;3*1H4. The predicted octanol–water partition coefficient (Wildman–Crippen LogP) is 5.52. The molecule has 0 spiro atoms. The zero-order valence-corrected chi connectivity index (χ0v) is 6.83. The summed E-state index contributed by atoms with van der Waals surface area (Å²) in [4.78, 5) is 0. The molecule has 0 rings (SSSR count). The molecular weight excluding hydrogens is 132 g/mol. The molecule has 76 valence electrons. The lowest BCUT2D eigenvalue weighted by atomic mass is 10.2. The summed E-state index contributed by atoms with van der Waals surface area (Å²) < 4.78 is 0. The highest BCUT2D eigenvalue weighted by Gasteiger charge is 1.75. The Morgan fingerprint density at radius 2 is 0.818 bits per heavy atom. The predicted molar refractivity (Wildman–Crippen MR) is 61.4 cm³/mol. The topological polar surface area (TPSA) is 0 Å². The first-order chi connectivity index (χ1) is 3.91. The van der Waals surface area contributed by atoms with E-state index in [0.717, 1.165) is 0 Å². The number of hydrogen-bond donors (Lipinski definition) is 0. The van der Waals surface area contributed by atoms with Crippen molar-refractivity contribution in [3.05, 3.63) is 0 Å². The summed E-state index contributed by atoms with van der Waals surface area (Å²) in [5, 5.41) is 0. The number of rotatable bonds is 3. The zero-order valence-electron chi connectivity index (χ0n) is 6.83. The maximum atomic E-state index is 2.23. The van der Waals surface area contributed by atoms with Gasteiger partial charge in [0.15, 0.2) is 0 Å². The minimum atomic E-state index is 0. The van der Waals surface area contributed by atoms with Gasteiger partial charge in [-0.1, -0.05) is 75.7 Å². The van der Waals surface area contributed by atoms with E-state index in [2.05, 4.69) is 13.8 Å². The van der Waals surface area contributed by atoms with Crippen molar-refractivity contribution in [3.63, 3.8) is 0 Å². The maximum absolute atomic E-state index is 2.23. The van der Waals surface area contributed by atoms with Crippen LogP contribution in [0, 0.1) is 0 Å². The van der Waals surface area contributed by atoms with Gasteiger partial charge in [0.1, 0.15) is 0 Å². The second-order valence-corrected chi connectivity index (χ2v) is 1.71. The molecule has 0 aliphatic heterocycles. The zero-order chi connectivity index (χ0) is 6.83. The van der Waals surface area contributed by atoms with Crippen molar-refractivity contribution >= 4 is 0 Å². The minimum Gasteiger partial charge on any atom is -0.0776 e. The molecule has 0 nitrogen and oxygen atoms in total. The molecule has 0 aliphatic rings. The Morgan fingerprint density at radius 1 is 0.636 bits per heavy atom. The highest BCUT2D eigenvalue weighted by molar-refractivity contribution is 4.31. The van der Waals surface area contributed by atoms with Gasteiger partial charge >= 0.3 is 0 Å². The first-order valence-corrected chi connectivity index (χ1v) is 3.91. The van der Waals surface area contributed by atoms with Crippen LogP contribution in [0.4, 0.5) is 0 Å². The van der Waals surface area contributed by atoms with Gasteiger partial charge in [-0.25, -0.2) is 0 Å². The van der Waals surface area contributed by atoms with Crippen molar-refractivity contribution < 1.29 is 0 Å². The Labute approximate surface area is 76.4 Å². The van der Waals surface area contributed by atoms with Gasteiger partial charge in [-0.15, -0.1) is 0 Å². The fourth-order valence-corrected chi connectivity index (χ4v) is 0.500. The van der Waals surface area contributed by atoms with Crippen molar-refractivity contribution in [2.24, 2.45) is 0 Å². The smallest absolute Gasteiger partial charge is 0.0536 e. The molecule has 0 aromatic rings. The van der Waals surface area contributed by atoms with Crippen molar-refractivity contribution in [2.75, 3.05) is 0 Å². The summed E-state index contributed by atoms with van der Waals surface area (Å²) in [5.74, 6) is 0. The molecule has 0 atom stereocenters. The largest absolute Gasteiger partial charge is 0.0776 e. The average Bonchev–Trinajstić information content (AvgIpc) is 1.88. The molecule has 0 aromatic heterocycles. The second-order valence-electron chi connectivity index (χ2n) is 1.71. The molecule has 0 bridgehead atoms. The molecule has 0 fully saturated rings. The molecule has 0 heteroatoms. The highest BCUT2D eigenvalue weighted by Crippen LogP contribution is 1.95. The molecular formula is C11H32. The van der Waals surface area contributed by atoms with Gasteiger partial charge in [0.05, 0.1) is 0 Å². The molecule has 0 saturated heterocycles. The van der Waals surface area contributed by atoms with Crippen molar-refractivity contribution in [1.82, 2.24) is 0 Å². The lowest BCUT2D eigenvalue weighted by molar-refractivity contribution is 0.702. The van der Waals surface area contributed by atoms with Gasteiger partial charge in [-0.3, -0.25) is 0 Å². The minimum absolute atomic E-state index is 0. The monoisotopic (exact) mass is 164 g/mol. The fraction of sp³-hybridized carbons (Fsp3) is 1.00. The molecule has 0 amide bonds. The number of unbranched alkanes of at least 4 members (excludes halogenated alkanes) is 3. The average molecular weight is 164 g/mol. The quantitative estimate of drug-likeness (QED) is 0.482. The van der Waals surface area contributed by atoms with Gasteiger partial charge in [-0.05, 0) is 0 Å². The SMILES string of the molecule is C.C.C.CC.CCCCCC. The fourth-order valence-electron chi connectivity index (χ4n) is 0.500. The first-order valence-electron chi connectivity index (χ1n) is 3.91. The van der Waals surface area contributed by atoms with Crippen LogP contribution in [0.15, 0.2) is 0 Å². The van der Waals surface area contributed by atoms with Gasteiger partial charge < -0.3 is 0 Å². The second kappa shape index (κ2) is 50.6. The first kappa shape index (κ1) is 30.6. The third-order valence-electron chi connectivity index (χ3n) is 0.957. The third kappa shape index (κ3) is 71.1. The molecule has 0 aliphatic carbocycles. The molecule has 0 radical (unpaired) electrons. The molecule has 0 N–H and O–H groups in total. The Morgan fingerprint density at radius 3 is 0.909 bits per heavy atom. The van der Waals surface area contributed by atoms with Crippen LogP contribution >= 0.6 is 0 Å². The van der Waals surface area contributed by atoms with E-state index in [9.17, 15) is 0 Å². The van der Waals surface area contributed by atoms with Gasteiger partial charge in [0, 0.05) is 0 Å². The Bertz CT molecular complexity index is 12.0. The van der Waals surface area contributed by atoms with Crippen LogP contribution in [0.5, 0.6) is 0 Å². The molecule has 0 unspecified atom stereocenters. The lowest BCUT2D eigenvalue weighted by Gasteiger charge is -1.86. The van der Waals surface area contributed by atoms with E-state index >= 15 is 0 Å². The van der Waals surface area contributed by atoms with E-state index in [1.807, 2.05) is 13.8 Å². The highest BCUT2D eigenvalue weighted by atomic mass is 13.8. The van der Waals surface area contributed by atoms with E-state index in [0.29, 0.717) is 0 Å². The van der Waals surface area contributed by atoms with E-state index in [-0.39, 0.29) is 22.3 Å². The Hall–Kier alpha value is 0. The third-order valence-corrected chi connectivity index (χ3v) is 0.957. The summed E-state index contributed by atoms with van der Waals surface area (Å²) >= 11 is 0. The van der Waals surface area contributed by atoms with Crippen molar-refractivity contribution in [2.45, 2.75) is 75.7 Å². The summed E-state index contributed by atoms with van der Waals surface area (Å²) in [5.41, 5.74) is 0. The van der Waals surface area contributed by atoms with Crippen LogP contribution < -0.4 is 0 Å². The molecule has 0 heterocycles. The van der Waals surface area contributed by atoms with Crippen molar-refractivity contribution in [1.29, 1.82) is 0 Å². The lowest BCUT2D eigenvalue weighted by Crippen LogP contribution is -1.66. The summed E-state index contributed by atoms with van der Waals surface area (Å²) in [6.45, 7) is 8.46. The summed E-state index contributed by atoms with van der Waals surface area (Å²) in [7, 11) is 0. The Balaban J connectivity index is -0.0000000222. The van der Waals surface area contributed by atoms with E-state index in [1.165, 1.54) is 25.7 Å². The van der Waals surface area contributed by atoms with Crippen LogP contribution in [0.25, 0.3) is 0 Å². The van der Waals surface area contributed by atoms with Crippen LogP contribution in [0.3, 0.4) is 0 Å². The van der Waals surface area contributed by atoms with E-state index < -0.39 is 0 Å².